The Morgan fingerprint density at radius 3 is 2.18 bits per heavy atom. The molecule has 0 aromatic rings. The van der Waals surface area contributed by atoms with E-state index in [1.54, 1.807) is 7.11 Å². The number of alkyl halides is 3. The average molecular weight is 323 g/mol. The number of rotatable bonds is 4. The fourth-order valence-corrected chi connectivity index (χ4v) is 3.62. The van der Waals surface area contributed by atoms with Crippen molar-refractivity contribution in [3.8, 4) is 0 Å². The SMILES string of the molecule is COCCC1(C(=O)N2CCC(O)(C(F)(F)F)CC2)CCCC1. The number of ether oxygens (including phenoxy) is 1. The fourth-order valence-electron chi connectivity index (χ4n) is 3.62. The maximum absolute atomic E-state index is 12.8. The molecule has 0 spiro atoms. The van der Waals surface area contributed by atoms with E-state index in [1.165, 1.54) is 4.90 Å². The molecule has 1 aliphatic carbocycles. The summed E-state index contributed by atoms with van der Waals surface area (Å²) >= 11 is 0. The molecular weight excluding hydrogens is 299 g/mol. The number of methoxy groups -OCH3 is 1. The highest BCUT2D eigenvalue weighted by Crippen LogP contribution is 2.44. The van der Waals surface area contributed by atoms with Crippen molar-refractivity contribution in [3.63, 3.8) is 0 Å². The monoisotopic (exact) mass is 323 g/mol. The van der Waals surface area contributed by atoms with Crippen molar-refractivity contribution < 1.29 is 27.8 Å². The van der Waals surface area contributed by atoms with E-state index in [2.05, 4.69) is 0 Å². The highest BCUT2D eigenvalue weighted by atomic mass is 19.4. The summed E-state index contributed by atoms with van der Waals surface area (Å²) in [5.41, 5.74) is -3.14. The number of halogens is 3. The number of aliphatic hydroxyl groups is 1. The van der Waals surface area contributed by atoms with Crippen LogP contribution in [0.15, 0.2) is 0 Å². The number of amides is 1. The highest BCUT2D eigenvalue weighted by molar-refractivity contribution is 5.83. The summed E-state index contributed by atoms with van der Waals surface area (Å²) in [7, 11) is 1.58. The minimum absolute atomic E-state index is 0.0381. The van der Waals surface area contributed by atoms with E-state index in [0.29, 0.717) is 13.0 Å². The summed E-state index contributed by atoms with van der Waals surface area (Å²) in [5.74, 6) is -0.0636. The van der Waals surface area contributed by atoms with Crippen LogP contribution < -0.4 is 0 Å². The zero-order valence-corrected chi connectivity index (χ0v) is 12.9. The van der Waals surface area contributed by atoms with Crippen molar-refractivity contribution in [2.45, 2.75) is 56.7 Å². The van der Waals surface area contributed by atoms with Gasteiger partial charge in [0.15, 0.2) is 5.60 Å². The zero-order chi connectivity index (χ0) is 16.4. The lowest BCUT2D eigenvalue weighted by Crippen LogP contribution is -2.56. The van der Waals surface area contributed by atoms with Crippen LogP contribution >= 0.6 is 0 Å². The second kappa shape index (κ2) is 6.35. The Morgan fingerprint density at radius 2 is 1.73 bits per heavy atom. The minimum Gasteiger partial charge on any atom is -0.385 e. The molecule has 7 heteroatoms. The van der Waals surface area contributed by atoms with Crippen LogP contribution in [0.25, 0.3) is 0 Å². The largest absolute Gasteiger partial charge is 0.417 e. The highest BCUT2D eigenvalue weighted by Gasteiger charge is 2.55. The van der Waals surface area contributed by atoms with Gasteiger partial charge in [-0.1, -0.05) is 12.8 Å². The van der Waals surface area contributed by atoms with Crippen molar-refractivity contribution in [1.29, 1.82) is 0 Å². The van der Waals surface area contributed by atoms with Crippen molar-refractivity contribution in [3.05, 3.63) is 0 Å². The van der Waals surface area contributed by atoms with Gasteiger partial charge in [0.25, 0.3) is 0 Å². The Kier molecular flexibility index (Phi) is 5.06. The molecular formula is C15H24F3NO3. The molecule has 4 nitrogen and oxygen atoms in total. The lowest BCUT2D eigenvalue weighted by Gasteiger charge is -2.42. The summed E-state index contributed by atoms with van der Waals surface area (Å²) in [6.45, 7) is 0.402. The number of likely N-dealkylation sites (tertiary alicyclic amines) is 1. The predicted molar refractivity (Wildman–Crippen MR) is 74.2 cm³/mol. The van der Waals surface area contributed by atoms with Gasteiger partial charge < -0.3 is 14.7 Å². The second-order valence-corrected chi connectivity index (χ2v) is 6.55. The summed E-state index contributed by atoms with van der Waals surface area (Å²) < 4.78 is 43.6. The summed E-state index contributed by atoms with van der Waals surface area (Å²) in [4.78, 5) is 14.3. The van der Waals surface area contributed by atoms with Gasteiger partial charge in [0.05, 0.1) is 5.41 Å². The van der Waals surface area contributed by atoms with Gasteiger partial charge in [-0.3, -0.25) is 4.79 Å². The fraction of sp³-hybridized carbons (Fsp3) is 0.933. The molecule has 0 bridgehead atoms. The molecule has 1 saturated carbocycles. The molecule has 2 fully saturated rings. The first kappa shape index (κ1) is 17.5. The van der Waals surface area contributed by atoms with E-state index in [0.717, 1.165) is 25.7 Å². The summed E-state index contributed by atoms with van der Waals surface area (Å²) in [6.07, 6.45) is -1.42. The van der Waals surface area contributed by atoms with Crippen LogP contribution in [-0.2, 0) is 9.53 Å². The number of hydrogen-bond donors (Lipinski definition) is 1. The van der Waals surface area contributed by atoms with Gasteiger partial charge in [-0.2, -0.15) is 13.2 Å². The van der Waals surface area contributed by atoms with Crippen LogP contribution in [0.3, 0.4) is 0 Å². The number of hydrogen-bond acceptors (Lipinski definition) is 3. The molecule has 0 atom stereocenters. The molecule has 2 rings (SSSR count). The van der Waals surface area contributed by atoms with Gasteiger partial charge in [-0.25, -0.2) is 0 Å². The quantitative estimate of drug-likeness (QED) is 0.865. The van der Waals surface area contributed by atoms with Gasteiger partial charge in [-0.05, 0) is 19.3 Å². The molecule has 1 amide bonds. The first-order valence-electron chi connectivity index (χ1n) is 7.82. The van der Waals surface area contributed by atoms with Crippen molar-refractivity contribution in [2.75, 3.05) is 26.8 Å². The number of nitrogens with zero attached hydrogens (tertiary/aromatic N) is 1. The minimum atomic E-state index is -4.64. The Bertz CT molecular complexity index is 397. The third kappa shape index (κ3) is 3.25. The summed E-state index contributed by atoms with van der Waals surface area (Å²) in [5, 5.41) is 9.70. The van der Waals surface area contributed by atoms with E-state index in [1.807, 2.05) is 0 Å². The third-order valence-electron chi connectivity index (χ3n) is 5.20. The number of carbonyl (C=O) groups is 1. The van der Waals surface area contributed by atoms with Crippen molar-refractivity contribution in [1.82, 2.24) is 4.90 Å². The maximum Gasteiger partial charge on any atom is 0.417 e. The van der Waals surface area contributed by atoms with Crippen molar-refractivity contribution >= 4 is 5.91 Å². The Hall–Kier alpha value is -0.820. The van der Waals surface area contributed by atoms with E-state index in [9.17, 15) is 23.1 Å². The number of piperidine rings is 1. The van der Waals surface area contributed by atoms with Crippen molar-refractivity contribution in [2.24, 2.45) is 5.41 Å². The molecule has 0 unspecified atom stereocenters. The van der Waals surface area contributed by atoms with Crippen LogP contribution in [0.5, 0.6) is 0 Å². The van der Waals surface area contributed by atoms with Crippen LogP contribution in [0, 0.1) is 5.41 Å². The molecule has 2 aliphatic rings. The lowest BCUT2D eigenvalue weighted by atomic mass is 9.80. The van der Waals surface area contributed by atoms with Crippen LogP contribution in [0.4, 0.5) is 13.2 Å². The molecule has 1 N–H and O–H groups in total. The van der Waals surface area contributed by atoms with Gasteiger partial charge >= 0.3 is 6.18 Å². The maximum atomic E-state index is 12.8. The Labute approximate surface area is 128 Å². The van der Waals surface area contributed by atoms with Gasteiger partial charge in [0.2, 0.25) is 5.91 Å². The Morgan fingerprint density at radius 1 is 1.18 bits per heavy atom. The molecule has 128 valence electrons. The molecule has 1 saturated heterocycles. The average Bonchev–Trinajstić information content (AvgIpc) is 2.94. The topological polar surface area (TPSA) is 49.8 Å². The first-order valence-corrected chi connectivity index (χ1v) is 7.82. The normalized spacial score (nSPS) is 24.5. The molecule has 1 heterocycles. The molecule has 0 aromatic carbocycles. The van der Waals surface area contributed by atoms with Crippen LogP contribution in [0.2, 0.25) is 0 Å². The summed E-state index contributed by atoms with van der Waals surface area (Å²) in [6, 6.07) is 0. The van der Waals surface area contributed by atoms with E-state index in [4.69, 9.17) is 4.74 Å². The number of carbonyl (C=O) groups excluding carboxylic acids is 1. The molecule has 22 heavy (non-hydrogen) atoms. The molecule has 0 radical (unpaired) electrons. The van der Waals surface area contributed by atoms with Gasteiger partial charge in [0.1, 0.15) is 0 Å². The van der Waals surface area contributed by atoms with E-state index < -0.39 is 30.0 Å². The standard InChI is InChI=1S/C15H24F3NO3/c1-22-11-8-13(4-2-3-5-13)12(20)19-9-6-14(21,7-10-19)15(16,17)18/h21H,2-11H2,1H3. The van der Waals surface area contributed by atoms with Crippen LogP contribution in [0.1, 0.15) is 44.9 Å². The second-order valence-electron chi connectivity index (χ2n) is 6.55. The Balaban J connectivity index is 2.02. The third-order valence-corrected chi connectivity index (χ3v) is 5.20. The van der Waals surface area contributed by atoms with Gasteiger partial charge in [-0.15, -0.1) is 0 Å². The van der Waals surface area contributed by atoms with Crippen LogP contribution in [-0.4, -0.2) is 54.5 Å². The lowest BCUT2D eigenvalue weighted by molar-refractivity contribution is -0.272. The predicted octanol–water partition coefficient (Wildman–Crippen LogP) is 2.50. The van der Waals surface area contributed by atoms with E-state index >= 15 is 0 Å². The smallest absolute Gasteiger partial charge is 0.385 e. The zero-order valence-electron chi connectivity index (χ0n) is 12.9. The van der Waals surface area contributed by atoms with E-state index in [-0.39, 0.29) is 19.0 Å². The van der Waals surface area contributed by atoms with Gasteiger partial charge in [0, 0.05) is 39.6 Å². The first-order chi connectivity index (χ1) is 10.2. The molecule has 0 aromatic heterocycles. The molecule has 1 aliphatic heterocycles.